The highest BCUT2D eigenvalue weighted by Crippen LogP contribution is 2.34. The van der Waals surface area contributed by atoms with Crippen molar-refractivity contribution in [2.75, 3.05) is 44.9 Å². The third-order valence-corrected chi connectivity index (χ3v) is 8.95. The Balaban J connectivity index is 2.03. The van der Waals surface area contributed by atoms with Gasteiger partial charge >= 0.3 is 0 Å². The zero-order valence-electron chi connectivity index (χ0n) is 14.3. The van der Waals surface area contributed by atoms with Crippen molar-refractivity contribution in [3.05, 3.63) is 23.8 Å². The Morgan fingerprint density at radius 3 is 2.52 bits per heavy atom. The number of ether oxygens (including phenoxy) is 2. The lowest BCUT2D eigenvalue weighted by Gasteiger charge is -2.34. The highest BCUT2D eigenvalue weighted by Gasteiger charge is 2.49. The Kier molecular flexibility index (Phi) is 5.11. The van der Waals surface area contributed by atoms with Gasteiger partial charge in [-0.1, -0.05) is 6.07 Å². The number of morpholine rings is 1. The fourth-order valence-electron chi connectivity index (χ4n) is 3.51. The largest absolute Gasteiger partial charge is 0.495 e. The van der Waals surface area contributed by atoms with Crippen LogP contribution in [-0.2, 0) is 24.4 Å². The molecule has 0 radical (unpaired) electrons. The molecule has 0 aliphatic carbocycles. The molecule has 1 aromatic carbocycles. The molecule has 2 fully saturated rings. The molecule has 0 bridgehead atoms. The first-order valence-corrected chi connectivity index (χ1v) is 11.5. The zero-order chi connectivity index (χ0) is 18.2. The van der Waals surface area contributed by atoms with E-state index in [1.165, 1.54) is 7.11 Å². The average molecular weight is 389 g/mol. The van der Waals surface area contributed by atoms with Gasteiger partial charge in [-0.2, -0.15) is 0 Å². The predicted octanol–water partition coefficient (Wildman–Crippen LogP) is 0.275. The number of benzene rings is 1. The highest BCUT2D eigenvalue weighted by atomic mass is 32.2. The van der Waals surface area contributed by atoms with Crippen LogP contribution in [0.25, 0.3) is 0 Å². The molecule has 2 saturated heterocycles. The van der Waals surface area contributed by atoms with Crippen LogP contribution in [0, 0.1) is 6.92 Å². The summed E-state index contributed by atoms with van der Waals surface area (Å²) in [5, 5.41) is -0.994. The summed E-state index contributed by atoms with van der Waals surface area (Å²) in [5.74, 6) is -0.241. The second kappa shape index (κ2) is 6.86. The maximum atomic E-state index is 13.3. The Hall–Kier alpha value is -1.16. The van der Waals surface area contributed by atoms with Crippen LogP contribution in [0.2, 0.25) is 0 Å². The van der Waals surface area contributed by atoms with E-state index < -0.39 is 31.0 Å². The molecule has 0 amide bonds. The van der Waals surface area contributed by atoms with Gasteiger partial charge in [0.25, 0.3) is 0 Å². The molecule has 0 saturated carbocycles. The summed E-state index contributed by atoms with van der Waals surface area (Å²) in [6.45, 7) is 3.84. The van der Waals surface area contributed by atoms with Crippen LogP contribution in [0.4, 0.5) is 0 Å². The first-order valence-electron chi connectivity index (χ1n) is 8.15. The van der Waals surface area contributed by atoms with Gasteiger partial charge in [-0.3, -0.25) is 4.90 Å². The van der Waals surface area contributed by atoms with Gasteiger partial charge in [0.2, 0.25) is 0 Å². The second-order valence-corrected chi connectivity index (χ2v) is 10.8. The normalized spacial score (nSPS) is 27.3. The zero-order valence-corrected chi connectivity index (χ0v) is 16.0. The van der Waals surface area contributed by atoms with Crippen LogP contribution < -0.4 is 4.74 Å². The van der Waals surface area contributed by atoms with Crippen LogP contribution in [-0.4, -0.2) is 77.9 Å². The SMILES string of the molecule is COc1ccc(C)cc1S(=O)(=O)[C@H]1CS(=O)(=O)C[C@@H]1N1CCOCC1. The van der Waals surface area contributed by atoms with Gasteiger partial charge in [0, 0.05) is 19.1 Å². The molecule has 25 heavy (non-hydrogen) atoms. The number of hydrogen-bond donors (Lipinski definition) is 0. The first kappa shape index (κ1) is 18.6. The maximum Gasteiger partial charge on any atom is 0.187 e. The number of rotatable bonds is 4. The molecule has 3 rings (SSSR count). The molecule has 0 spiro atoms. The van der Waals surface area contributed by atoms with Gasteiger partial charge in [0.05, 0.1) is 37.1 Å². The van der Waals surface area contributed by atoms with Crippen LogP contribution in [0.3, 0.4) is 0 Å². The monoisotopic (exact) mass is 389 g/mol. The summed E-state index contributed by atoms with van der Waals surface area (Å²) in [4.78, 5) is 1.99. The number of methoxy groups -OCH3 is 1. The molecule has 7 nitrogen and oxygen atoms in total. The molecule has 2 heterocycles. The van der Waals surface area contributed by atoms with Gasteiger partial charge in [-0.05, 0) is 24.6 Å². The minimum atomic E-state index is -3.86. The Labute approximate surface area is 148 Å². The summed E-state index contributed by atoms with van der Waals surface area (Å²) in [7, 11) is -5.87. The van der Waals surface area contributed by atoms with Crippen LogP contribution in [0.15, 0.2) is 23.1 Å². The molecule has 2 aliphatic rings. The minimum absolute atomic E-state index is 0.0651. The van der Waals surface area contributed by atoms with Gasteiger partial charge < -0.3 is 9.47 Å². The number of sulfone groups is 2. The molecule has 140 valence electrons. The standard InChI is InChI=1S/C16H23NO6S2/c1-12-3-4-14(22-2)15(9-12)25(20,21)16-11-24(18,19)10-13(16)17-5-7-23-8-6-17/h3-4,9,13,16H,5-8,10-11H2,1-2H3/t13-,16-/m0/s1. The van der Waals surface area contributed by atoms with Crippen molar-refractivity contribution in [3.8, 4) is 5.75 Å². The van der Waals surface area contributed by atoms with Crippen molar-refractivity contribution in [3.63, 3.8) is 0 Å². The maximum absolute atomic E-state index is 13.3. The summed E-state index contributed by atoms with van der Waals surface area (Å²) >= 11 is 0. The Bertz CT molecular complexity index is 843. The van der Waals surface area contributed by atoms with E-state index in [9.17, 15) is 16.8 Å². The summed E-state index contributed by atoms with van der Waals surface area (Å²) in [6, 6.07) is 4.37. The van der Waals surface area contributed by atoms with Gasteiger partial charge in [-0.25, -0.2) is 16.8 Å². The smallest absolute Gasteiger partial charge is 0.187 e. The Morgan fingerprint density at radius 1 is 1.20 bits per heavy atom. The number of nitrogens with zero attached hydrogens (tertiary/aromatic N) is 1. The van der Waals surface area contributed by atoms with Crippen molar-refractivity contribution in [1.29, 1.82) is 0 Å². The highest BCUT2D eigenvalue weighted by molar-refractivity contribution is 7.96. The van der Waals surface area contributed by atoms with Crippen LogP contribution >= 0.6 is 0 Å². The van der Waals surface area contributed by atoms with E-state index in [1.807, 2.05) is 4.90 Å². The van der Waals surface area contributed by atoms with E-state index in [2.05, 4.69) is 0 Å². The first-order chi connectivity index (χ1) is 11.7. The molecule has 0 unspecified atom stereocenters. The van der Waals surface area contributed by atoms with Crippen molar-refractivity contribution in [1.82, 2.24) is 4.90 Å². The average Bonchev–Trinajstić information content (AvgIpc) is 2.92. The Morgan fingerprint density at radius 2 is 1.88 bits per heavy atom. The molecular weight excluding hydrogens is 366 g/mol. The fraction of sp³-hybridized carbons (Fsp3) is 0.625. The fourth-order valence-corrected chi connectivity index (χ4v) is 8.59. The van der Waals surface area contributed by atoms with E-state index >= 15 is 0 Å². The van der Waals surface area contributed by atoms with Crippen molar-refractivity contribution in [2.45, 2.75) is 23.1 Å². The van der Waals surface area contributed by atoms with Crippen LogP contribution in [0.1, 0.15) is 5.56 Å². The van der Waals surface area contributed by atoms with Crippen molar-refractivity contribution in [2.24, 2.45) is 0 Å². The molecule has 1 aromatic rings. The number of hydrogen-bond acceptors (Lipinski definition) is 7. The summed E-state index contributed by atoms with van der Waals surface area (Å²) < 4.78 is 61.6. The second-order valence-electron chi connectivity index (χ2n) is 6.53. The molecule has 2 aliphatic heterocycles. The molecule has 0 aromatic heterocycles. The van der Waals surface area contributed by atoms with Gasteiger partial charge in [0.15, 0.2) is 19.7 Å². The molecule has 0 N–H and O–H groups in total. The molecular formula is C16H23NO6S2. The summed E-state index contributed by atoms with van der Waals surface area (Å²) in [6.07, 6.45) is 0. The topological polar surface area (TPSA) is 90.0 Å². The van der Waals surface area contributed by atoms with E-state index in [1.54, 1.807) is 25.1 Å². The van der Waals surface area contributed by atoms with E-state index in [0.717, 1.165) is 5.56 Å². The molecule has 9 heteroatoms. The lowest BCUT2D eigenvalue weighted by molar-refractivity contribution is 0.0222. The van der Waals surface area contributed by atoms with Crippen molar-refractivity contribution >= 4 is 19.7 Å². The molecule has 2 atom stereocenters. The van der Waals surface area contributed by atoms with Gasteiger partial charge in [0.1, 0.15) is 10.6 Å². The van der Waals surface area contributed by atoms with E-state index in [-0.39, 0.29) is 22.2 Å². The quantitative estimate of drug-likeness (QED) is 0.730. The predicted molar refractivity (Wildman–Crippen MR) is 93.5 cm³/mol. The van der Waals surface area contributed by atoms with Gasteiger partial charge in [-0.15, -0.1) is 0 Å². The number of aryl methyl sites for hydroxylation is 1. The van der Waals surface area contributed by atoms with E-state index in [0.29, 0.717) is 26.3 Å². The lowest BCUT2D eigenvalue weighted by atomic mass is 10.2. The lowest BCUT2D eigenvalue weighted by Crippen LogP contribution is -2.50. The van der Waals surface area contributed by atoms with Crippen molar-refractivity contribution < 1.29 is 26.3 Å². The van der Waals surface area contributed by atoms with E-state index in [4.69, 9.17) is 9.47 Å². The summed E-state index contributed by atoms with van der Waals surface area (Å²) in [5.41, 5.74) is 0.781. The third-order valence-electron chi connectivity index (χ3n) is 4.81. The van der Waals surface area contributed by atoms with Crippen LogP contribution in [0.5, 0.6) is 5.75 Å². The minimum Gasteiger partial charge on any atom is -0.495 e. The third kappa shape index (κ3) is 3.69.